The molecule has 4 rings (SSSR count). The van der Waals surface area contributed by atoms with Gasteiger partial charge in [0.2, 0.25) is 0 Å². The number of hydrogen-bond donors (Lipinski definition) is 2. The molecule has 1 aromatic heterocycles. The van der Waals surface area contributed by atoms with Crippen LogP contribution in [0.4, 0.5) is 5.69 Å². The fourth-order valence-corrected chi connectivity index (χ4v) is 5.33. The third-order valence-corrected chi connectivity index (χ3v) is 7.65. The van der Waals surface area contributed by atoms with Crippen molar-refractivity contribution in [2.45, 2.75) is 59.4 Å². The SMILES string of the molecule is CC(=O)c1ccc(C2CCN(C/C(C)=C/c3c(-c4ccc(C)c(NC(C)CO)c4)ccnc3C)CC2)cc1. The lowest BCUT2D eigenvalue weighted by Crippen LogP contribution is -2.34. The molecule has 1 unspecified atom stereocenters. The second-order valence-electron chi connectivity index (χ2n) is 10.8. The number of anilines is 1. The number of ketones is 1. The topological polar surface area (TPSA) is 65.5 Å². The zero-order valence-electron chi connectivity index (χ0n) is 23.4. The predicted octanol–water partition coefficient (Wildman–Crippen LogP) is 6.64. The number of aliphatic hydroxyl groups excluding tert-OH is 1. The number of pyridine rings is 1. The van der Waals surface area contributed by atoms with E-state index in [1.54, 1.807) is 6.92 Å². The molecule has 200 valence electrons. The van der Waals surface area contributed by atoms with Gasteiger partial charge in [-0.1, -0.05) is 48.0 Å². The summed E-state index contributed by atoms with van der Waals surface area (Å²) in [6.45, 7) is 13.1. The second-order valence-corrected chi connectivity index (χ2v) is 10.8. The highest BCUT2D eigenvalue weighted by Gasteiger charge is 2.21. The van der Waals surface area contributed by atoms with Gasteiger partial charge in [-0.3, -0.25) is 14.7 Å². The monoisotopic (exact) mass is 511 g/mol. The van der Waals surface area contributed by atoms with Crippen molar-refractivity contribution in [2.75, 3.05) is 31.6 Å². The van der Waals surface area contributed by atoms with Gasteiger partial charge in [-0.05, 0) is 101 Å². The zero-order chi connectivity index (χ0) is 27.2. The third kappa shape index (κ3) is 6.77. The minimum Gasteiger partial charge on any atom is -0.394 e. The van der Waals surface area contributed by atoms with Gasteiger partial charge < -0.3 is 10.4 Å². The average molecular weight is 512 g/mol. The van der Waals surface area contributed by atoms with Gasteiger partial charge in [0.1, 0.15) is 0 Å². The van der Waals surface area contributed by atoms with Crippen molar-refractivity contribution in [1.29, 1.82) is 0 Å². The molecule has 1 aliphatic heterocycles. The van der Waals surface area contributed by atoms with Crippen LogP contribution < -0.4 is 5.32 Å². The van der Waals surface area contributed by atoms with E-state index in [1.807, 2.05) is 25.3 Å². The number of piperidine rings is 1. The molecule has 2 N–H and O–H groups in total. The largest absolute Gasteiger partial charge is 0.394 e. The molecular formula is C33H41N3O2. The quantitative estimate of drug-likeness (QED) is 0.315. The van der Waals surface area contributed by atoms with E-state index in [4.69, 9.17) is 0 Å². The van der Waals surface area contributed by atoms with Gasteiger partial charge in [-0.2, -0.15) is 0 Å². The lowest BCUT2D eigenvalue weighted by Gasteiger charge is -2.32. The van der Waals surface area contributed by atoms with E-state index in [-0.39, 0.29) is 18.4 Å². The van der Waals surface area contributed by atoms with Crippen LogP contribution in [0.1, 0.15) is 72.3 Å². The summed E-state index contributed by atoms with van der Waals surface area (Å²) in [6.07, 6.45) is 6.45. The minimum absolute atomic E-state index is 0.00576. The molecule has 2 aromatic carbocycles. The summed E-state index contributed by atoms with van der Waals surface area (Å²) in [5.74, 6) is 0.679. The molecule has 0 spiro atoms. The Hall–Kier alpha value is -3.28. The van der Waals surface area contributed by atoms with Gasteiger partial charge in [-0.25, -0.2) is 0 Å². The Kier molecular flexibility index (Phi) is 9.13. The molecule has 5 heteroatoms. The van der Waals surface area contributed by atoms with Crippen LogP contribution in [0.5, 0.6) is 0 Å². The van der Waals surface area contributed by atoms with Crippen molar-refractivity contribution in [3.63, 3.8) is 0 Å². The molecule has 3 aromatic rings. The number of carbonyl (C=O) groups is 1. The van der Waals surface area contributed by atoms with Crippen LogP contribution >= 0.6 is 0 Å². The number of nitrogens with one attached hydrogen (secondary N) is 1. The van der Waals surface area contributed by atoms with Gasteiger partial charge in [-0.15, -0.1) is 0 Å². The van der Waals surface area contributed by atoms with Crippen LogP contribution in [0.2, 0.25) is 0 Å². The fraction of sp³-hybridized carbons (Fsp3) is 0.394. The van der Waals surface area contributed by atoms with Crippen molar-refractivity contribution < 1.29 is 9.90 Å². The summed E-state index contributed by atoms with van der Waals surface area (Å²) in [7, 11) is 0. The summed E-state index contributed by atoms with van der Waals surface area (Å²) in [4.78, 5) is 18.7. The van der Waals surface area contributed by atoms with Crippen molar-refractivity contribution in [3.05, 3.63) is 88.2 Å². The van der Waals surface area contributed by atoms with Crippen LogP contribution in [0.3, 0.4) is 0 Å². The van der Waals surface area contributed by atoms with E-state index < -0.39 is 0 Å². The van der Waals surface area contributed by atoms with E-state index in [9.17, 15) is 9.90 Å². The van der Waals surface area contributed by atoms with Gasteiger partial charge >= 0.3 is 0 Å². The van der Waals surface area contributed by atoms with Gasteiger partial charge in [0.25, 0.3) is 0 Å². The standard InChI is InChI=1S/C33H41N3O2/c1-22(20-36-16-13-29(14-17-36)28-10-8-27(9-11-28)26(5)38)18-32-25(4)34-15-12-31(32)30-7-6-23(2)33(19-30)35-24(3)21-37/h6-12,15,18-19,24,29,35,37H,13-14,16-17,20-21H2,1-5H3/b22-18+. The molecule has 1 saturated heterocycles. The van der Waals surface area contributed by atoms with Crippen LogP contribution in [0, 0.1) is 13.8 Å². The Morgan fingerprint density at radius 2 is 1.82 bits per heavy atom. The number of nitrogens with zero attached hydrogens (tertiary/aromatic N) is 2. The molecule has 1 atom stereocenters. The van der Waals surface area contributed by atoms with Crippen molar-refractivity contribution in [1.82, 2.24) is 9.88 Å². The molecule has 0 amide bonds. The van der Waals surface area contributed by atoms with Crippen LogP contribution in [0.15, 0.2) is 60.3 Å². The first kappa shape index (κ1) is 27.7. The fourth-order valence-electron chi connectivity index (χ4n) is 5.33. The number of aromatic nitrogens is 1. The van der Waals surface area contributed by atoms with Crippen molar-refractivity contribution in [2.24, 2.45) is 0 Å². The van der Waals surface area contributed by atoms with Crippen molar-refractivity contribution >= 4 is 17.5 Å². The summed E-state index contributed by atoms with van der Waals surface area (Å²) in [5, 5.41) is 12.9. The summed E-state index contributed by atoms with van der Waals surface area (Å²) >= 11 is 0. The lowest BCUT2D eigenvalue weighted by molar-refractivity contribution is 0.101. The van der Waals surface area contributed by atoms with E-state index in [0.29, 0.717) is 5.92 Å². The Balaban J connectivity index is 1.46. The number of aryl methyl sites for hydroxylation is 2. The number of Topliss-reactive ketones (excluding diaryl/α,β-unsaturated/α-hetero) is 1. The molecule has 5 nitrogen and oxygen atoms in total. The normalized spacial score (nSPS) is 15.9. The van der Waals surface area contributed by atoms with Crippen molar-refractivity contribution in [3.8, 4) is 11.1 Å². The van der Waals surface area contributed by atoms with Crippen LogP contribution in [-0.2, 0) is 0 Å². The smallest absolute Gasteiger partial charge is 0.159 e. The van der Waals surface area contributed by atoms with Crippen LogP contribution in [-0.4, -0.2) is 53.1 Å². The first-order valence-electron chi connectivity index (χ1n) is 13.7. The first-order valence-corrected chi connectivity index (χ1v) is 13.7. The highest BCUT2D eigenvalue weighted by Crippen LogP contribution is 2.32. The van der Waals surface area contributed by atoms with Crippen LogP contribution in [0.25, 0.3) is 17.2 Å². The van der Waals surface area contributed by atoms with Gasteiger partial charge in [0, 0.05) is 41.3 Å². The first-order chi connectivity index (χ1) is 18.2. The Labute approximate surface area is 227 Å². The Morgan fingerprint density at radius 1 is 1.11 bits per heavy atom. The highest BCUT2D eigenvalue weighted by atomic mass is 16.3. The van der Waals surface area contributed by atoms with E-state index in [2.05, 4.69) is 78.4 Å². The zero-order valence-corrected chi connectivity index (χ0v) is 23.4. The number of carbonyl (C=O) groups excluding carboxylic acids is 1. The Bertz CT molecular complexity index is 1290. The maximum absolute atomic E-state index is 11.6. The third-order valence-electron chi connectivity index (χ3n) is 7.65. The maximum Gasteiger partial charge on any atom is 0.159 e. The van der Waals surface area contributed by atoms with E-state index >= 15 is 0 Å². The number of benzene rings is 2. The Morgan fingerprint density at radius 3 is 2.47 bits per heavy atom. The number of rotatable bonds is 9. The molecule has 0 aliphatic carbocycles. The molecule has 2 heterocycles. The minimum atomic E-state index is -0.00576. The maximum atomic E-state index is 11.6. The highest BCUT2D eigenvalue weighted by molar-refractivity contribution is 5.94. The summed E-state index contributed by atoms with van der Waals surface area (Å²) < 4.78 is 0. The van der Waals surface area contributed by atoms with Gasteiger partial charge in [0.05, 0.1) is 6.61 Å². The molecule has 1 aliphatic rings. The number of likely N-dealkylation sites (tertiary alicyclic amines) is 1. The van der Waals surface area contributed by atoms with E-state index in [0.717, 1.165) is 66.1 Å². The number of aliphatic hydroxyl groups is 1. The average Bonchev–Trinajstić information content (AvgIpc) is 2.91. The molecule has 1 fully saturated rings. The van der Waals surface area contributed by atoms with Gasteiger partial charge in [0.15, 0.2) is 5.78 Å². The second kappa shape index (κ2) is 12.5. The molecular weight excluding hydrogens is 470 g/mol. The summed E-state index contributed by atoms with van der Waals surface area (Å²) in [6, 6.07) is 16.8. The molecule has 0 radical (unpaired) electrons. The molecule has 0 saturated carbocycles. The van der Waals surface area contributed by atoms with E-state index in [1.165, 1.54) is 16.7 Å². The number of hydrogen-bond acceptors (Lipinski definition) is 5. The lowest BCUT2D eigenvalue weighted by atomic mass is 9.88. The summed E-state index contributed by atoms with van der Waals surface area (Å²) in [5.41, 5.74) is 10.2. The molecule has 38 heavy (non-hydrogen) atoms. The molecule has 0 bridgehead atoms. The predicted molar refractivity (Wildman–Crippen MR) is 158 cm³/mol.